The molecule has 0 aromatic heterocycles. The Morgan fingerprint density at radius 2 is 1.32 bits per heavy atom. The van der Waals surface area contributed by atoms with Gasteiger partial charge in [-0.25, -0.2) is 0 Å². The summed E-state index contributed by atoms with van der Waals surface area (Å²) in [7, 11) is 0. The molecule has 5 nitrogen and oxygen atoms in total. The van der Waals surface area contributed by atoms with E-state index in [1.807, 2.05) is 60.7 Å². The second-order valence-corrected chi connectivity index (χ2v) is 4.14. The number of hydrogen-bond acceptors (Lipinski definition) is 2. The minimum Gasteiger partial charge on any atom is -0.569 e. The summed E-state index contributed by atoms with van der Waals surface area (Å²) < 4.78 is 0. The largest absolute Gasteiger partial charge is 0.569 e. The lowest BCUT2D eigenvalue weighted by Gasteiger charge is -2.17. The van der Waals surface area contributed by atoms with Gasteiger partial charge in [0, 0.05) is 0 Å². The summed E-state index contributed by atoms with van der Waals surface area (Å²) in [5.41, 5.74) is 1.95. The average Bonchev–Trinajstić information content (AvgIpc) is 2.48. The first-order valence-corrected chi connectivity index (χ1v) is 5.94. The molecule has 0 aliphatic carbocycles. The summed E-state index contributed by atoms with van der Waals surface area (Å²) in [6.45, 7) is 0.757. The topological polar surface area (TPSA) is 61.9 Å². The van der Waals surface area contributed by atoms with Crippen LogP contribution in [0.2, 0.25) is 0 Å². The molecule has 0 fully saturated rings. The summed E-state index contributed by atoms with van der Waals surface area (Å²) >= 11 is 0. The Morgan fingerprint density at radius 1 is 0.895 bits per heavy atom. The fraction of sp³-hybridized carbons (Fsp3) is 0.143. The number of nitrogens with zero attached hydrogens (tertiary/aromatic N) is 3. The monoisotopic (exact) mass is 257 g/mol. The first-order valence-electron chi connectivity index (χ1n) is 5.94. The molecule has 5 heteroatoms. The van der Waals surface area contributed by atoms with Gasteiger partial charge in [-0.15, -0.1) is 5.01 Å². The van der Waals surface area contributed by atoms with Crippen molar-refractivity contribution in [3.05, 3.63) is 77.0 Å². The second-order valence-electron chi connectivity index (χ2n) is 4.14. The Morgan fingerprint density at radius 3 is 1.68 bits per heavy atom. The molecule has 19 heavy (non-hydrogen) atoms. The van der Waals surface area contributed by atoms with E-state index in [-0.39, 0.29) is 4.97 Å². The maximum atomic E-state index is 11.5. The SMILES string of the molecule is [O-][N+](=NO)N(Cc1ccccc1)Cc1ccccc1. The van der Waals surface area contributed by atoms with Crippen LogP contribution in [0.15, 0.2) is 65.9 Å². The van der Waals surface area contributed by atoms with E-state index in [1.165, 1.54) is 5.01 Å². The van der Waals surface area contributed by atoms with Crippen molar-refractivity contribution in [3.8, 4) is 0 Å². The van der Waals surface area contributed by atoms with Crippen LogP contribution in [0.4, 0.5) is 0 Å². The third kappa shape index (κ3) is 3.70. The second kappa shape index (κ2) is 6.39. The van der Waals surface area contributed by atoms with Crippen LogP contribution in [0, 0.1) is 5.21 Å². The van der Waals surface area contributed by atoms with Crippen molar-refractivity contribution in [2.24, 2.45) is 5.28 Å². The molecule has 2 aromatic rings. The highest BCUT2D eigenvalue weighted by atomic mass is 16.6. The van der Waals surface area contributed by atoms with E-state index in [4.69, 9.17) is 5.21 Å². The third-order valence-corrected chi connectivity index (χ3v) is 2.73. The minimum absolute atomic E-state index is 0.208. The van der Waals surface area contributed by atoms with Crippen molar-refractivity contribution in [2.75, 3.05) is 0 Å². The van der Waals surface area contributed by atoms with E-state index in [2.05, 4.69) is 5.28 Å². The quantitative estimate of drug-likeness (QED) is 0.509. The average molecular weight is 257 g/mol. The molecule has 0 saturated heterocycles. The number of rotatable bonds is 5. The molecule has 0 saturated carbocycles. The summed E-state index contributed by atoms with van der Waals surface area (Å²) in [6.07, 6.45) is 0. The van der Waals surface area contributed by atoms with E-state index in [0.717, 1.165) is 11.1 Å². The van der Waals surface area contributed by atoms with Gasteiger partial charge in [-0.3, -0.25) is 0 Å². The van der Waals surface area contributed by atoms with Crippen molar-refractivity contribution < 1.29 is 10.2 Å². The summed E-state index contributed by atoms with van der Waals surface area (Å²) in [5.74, 6) is 0. The van der Waals surface area contributed by atoms with Crippen LogP contribution in [-0.4, -0.2) is 15.2 Å². The first kappa shape index (κ1) is 12.9. The van der Waals surface area contributed by atoms with Crippen molar-refractivity contribution in [1.29, 1.82) is 0 Å². The molecular weight excluding hydrogens is 242 g/mol. The third-order valence-electron chi connectivity index (χ3n) is 2.73. The van der Waals surface area contributed by atoms with Crippen LogP contribution in [0.1, 0.15) is 11.1 Å². The molecule has 0 radical (unpaired) electrons. The fourth-order valence-corrected chi connectivity index (χ4v) is 1.82. The van der Waals surface area contributed by atoms with Crippen LogP contribution in [0.25, 0.3) is 0 Å². The van der Waals surface area contributed by atoms with E-state index in [0.29, 0.717) is 13.1 Å². The molecule has 0 atom stereocenters. The fourth-order valence-electron chi connectivity index (χ4n) is 1.82. The van der Waals surface area contributed by atoms with Crippen LogP contribution in [0.5, 0.6) is 0 Å². The first-order chi connectivity index (χ1) is 9.29. The van der Waals surface area contributed by atoms with Gasteiger partial charge < -0.3 is 10.4 Å². The molecule has 0 aliphatic heterocycles. The number of benzene rings is 2. The Balaban J connectivity index is 2.13. The zero-order chi connectivity index (χ0) is 13.5. The summed E-state index contributed by atoms with van der Waals surface area (Å²) in [5, 5.41) is 24.3. The molecule has 2 rings (SSSR count). The highest BCUT2D eigenvalue weighted by molar-refractivity contribution is 5.16. The van der Waals surface area contributed by atoms with Crippen molar-refractivity contribution in [2.45, 2.75) is 13.1 Å². The predicted octanol–water partition coefficient (Wildman–Crippen LogP) is 2.96. The van der Waals surface area contributed by atoms with E-state index in [9.17, 15) is 5.21 Å². The van der Waals surface area contributed by atoms with Crippen LogP contribution in [0.3, 0.4) is 0 Å². The highest BCUT2D eigenvalue weighted by Crippen LogP contribution is 2.10. The predicted molar refractivity (Wildman–Crippen MR) is 70.0 cm³/mol. The van der Waals surface area contributed by atoms with E-state index < -0.39 is 0 Å². The lowest BCUT2D eigenvalue weighted by Crippen LogP contribution is -2.29. The Kier molecular flexibility index (Phi) is 4.34. The van der Waals surface area contributed by atoms with Crippen molar-refractivity contribution in [3.63, 3.8) is 0 Å². The van der Waals surface area contributed by atoms with Gasteiger partial charge in [-0.05, 0) is 11.1 Å². The summed E-state index contributed by atoms with van der Waals surface area (Å²) in [4.78, 5) is 0.208. The van der Waals surface area contributed by atoms with Gasteiger partial charge in [0.05, 0.1) is 4.97 Å². The molecule has 98 valence electrons. The number of hydrazine groups is 1. The molecule has 0 heterocycles. The Hall–Kier alpha value is -2.56. The summed E-state index contributed by atoms with van der Waals surface area (Å²) in [6, 6.07) is 19.1. The molecule has 0 bridgehead atoms. The van der Waals surface area contributed by atoms with Crippen LogP contribution in [-0.2, 0) is 13.1 Å². The Bertz CT molecular complexity index is 487. The normalized spacial score (nSPS) is 11.3. The lowest BCUT2D eigenvalue weighted by molar-refractivity contribution is -0.716. The van der Waals surface area contributed by atoms with Gasteiger partial charge >= 0.3 is 0 Å². The molecule has 0 spiro atoms. The van der Waals surface area contributed by atoms with Crippen LogP contribution < -0.4 is 0 Å². The highest BCUT2D eigenvalue weighted by Gasteiger charge is 2.14. The van der Waals surface area contributed by atoms with Crippen molar-refractivity contribution in [1.82, 2.24) is 5.01 Å². The number of hydrogen-bond donors (Lipinski definition) is 1. The zero-order valence-corrected chi connectivity index (χ0v) is 10.4. The molecular formula is C14H15N3O2. The van der Waals surface area contributed by atoms with Crippen LogP contribution >= 0.6 is 0 Å². The molecule has 2 aromatic carbocycles. The van der Waals surface area contributed by atoms with Gasteiger partial charge in [0.15, 0.2) is 0 Å². The van der Waals surface area contributed by atoms with Gasteiger partial charge in [0.1, 0.15) is 13.1 Å². The van der Waals surface area contributed by atoms with Gasteiger partial charge in [-0.1, -0.05) is 60.7 Å². The molecule has 0 amide bonds. The van der Waals surface area contributed by atoms with Gasteiger partial charge in [-0.2, -0.15) is 0 Å². The smallest absolute Gasteiger partial charge is 0.230 e. The van der Waals surface area contributed by atoms with Gasteiger partial charge in [0.25, 0.3) is 0 Å². The van der Waals surface area contributed by atoms with Gasteiger partial charge in [0.2, 0.25) is 5.28 Å². The van der Waals surface area contributed by atoms with Crippen molar-refractivity contribution >= 4 is 0 Å². The lowest BCUT2D eigenvalue weighted by atomic mass is 10.2. The van der Waals surface area contributed by atoms with E-state index in [1.54, 1.807) is 0 Å². The molecule has 0 unspecified atom stereocenters. The molecule has 0 aliphatic rings. The minimum atomic E-state index is 0.208. The zero-order valence-electron chi connectivity index (χ0n) is 10.4. The molecule has 1 N–H and O–H groups in total. The van der Waals surface area contributed by atoms with E-state index >= 15 is 0 Å². The maximum absolute atomic E-state index is 11.5. The standard InChI is InChI=1S/C14H15N3O2/c18-15-17(19)16(11-13-7-3-1-4-8-13)12-14-9-5-2-6-10-14/h1-10,18H,11-12H2. The Labute approximate surface area is 111 Å². The maximum Gasteiger partial charge on any atom is 0.230 e.